The lowest BCUT2D eigenvalue weighted by Crippen LogP contribution is -2.38. The SMILES string of the molecule is CN=C(NCc1ccon1)NC(C)c1cccc(C(F)(F)F)c1. The Balaban J connectivity index is 2.00. The van der Waals surface area contributed by atoms with Crippen LogP contribution in [0.15, 0.2) is 46.1 Å². The molecule has 1 unspecified atom stereocenters. The van der Waals surface area contributed by atoms with Crippen LogP contribution in [0.1, 0.15) is 29.8 Å². The minimum absolute atomic E-state index is 0.346. The van der Waals surface area contributed by atoms with Gasteiger partial charge in [0.25, 0.3) is 0 Å². The molecule has 0 aliphatic heterocycles. The van der Waals surface area contributed by atoms with E-state index in [0.717, 1.165) is 12.1 Å². The molecule has 8 heteroatoms. The van der Waals surface area contributed by atoms with Crippen LogP contribution in [0.25, 0.3) is 0 Å². The summed E-state index contributed by atoms with van der Waals surface area (Å²) in [5.74, 6) is 0.456. The molecule has 2 rings (SSSR count). The largest absolute Gasteiger partial charge is 0.416 e. The number of aliphatic imine (C=N–C) groups is 1. The molecule has 124 valence electrons. The zero-order valence-electron chi connectivity index (χ0n) is 12.7. The fraction of sp³-hybridized carbons (Fsp3) is 0.333. The molecule has 1 aromatic heterocycles. The van der Waals surface area contributed by atoms with E-state index < -0.39 is 11.7 Å². The quantitative estimate of drug-likeness (QED) is 0.669. The van der Waals surface area contributed by atoms with E-state index >= 15 is 0 Å². The number of benzene rings is 1. The van der Waals surface area contributed by atoms with Crippen LogP contribution in [0, 0.1) is 0 Å². The Morgan fingerprint density at radius 1 is 1.35 bits per heavy atom. The van der Waals surface area contributed by atoms with E-state index in [9.17, 15) is 13.2 Å². The molecule has 23 heavy (non-hydrogen) atoms. The van der Waals surface area contributed by atoms with Crippen LogP contribution >= 0.6 is 0 Å². The molecule has 0 saturated carbocycles. The Morgan fingerprint density at radius 3 is 2.74 bits per heavy atom. The third kappa shape index (κ3) is 4.73. The van der Waals surface area contributed by atoms with Crippen molar-refractivity contribution in [2.75, 3.05) is 7.05 Å². The average molecular weight is 326 g/mol. The molecule has 1 heterocycles. The van der Waals surface area contributed by atoms with Crippen LogP contribution in [-0.4, -0.2) is 18.2 Å². The van der Waals surface area contributed by atoms with Crippen LogP contribution in [0.4, 0.5) is 13.2 Å². The second kappa shape index (κ2) is 7.17. The molecule has 2 N–H and O–H groups in total. The van der Waals surface area contributed by atoms with E-state index in [-0.39, 0.29) is 6.04 Å². The van der Waals surface area contributed by atoms with Crippen LogP contribution in [0.2, 0.25) is 0 Å². The number of alkyl halides is 3. The smallest absolute Gasteiger partial charge is 0.364 e. The Hall–Kier alpha value is -2.51. The summed E-state index contributed by atoms with van der Waals surface area (Å²) < 4.78 is 43.0. The van der Waals surface area contributed by atoms with Crippen molar-refractivity contribution in [1.82, 2.24) is 15.8 Å². The van der Waals surface area contributed by atoms with Crippen molar-refractivity contribution in [3.63, 3.8) is 0 Å². The second-order valence-corrected chi connectivity index (χ2v) is 4.91. The number of rotatable bonds is 4. The minimum atomic E-state index is -4.36. The third-order valence-corrected chi connectivity index (χ3v) is 3.22. The van der Waals surface area contributed by atoms with E-state index in [1.165, 1.54) is 12.3 Å². The van der Waals surface area contributed by atoms with Gasteiger partial charge in [0, 0.05) is 13.1 Å². The molecular weight excluding hydrogens is 309 g/mol. The molecule has 0 bridgehead atoms. The lowest BCUT2D eigenvalue weighted by Gasteiger charge is -2.19. The van der Waals surface area contributed by atoms with Crippen molar-refractivity contribution in [3.05, 3.63) is 53.4 Å². The molecular formula is C15H17F3N4O. The molecule has 0 saturated heterocycles. The number of hydrogen-bond donors (Lipinski definition) is 2. The van der Waals surface area contributed by atoms with Crippen molar-refractivity contribution in [3.8, 4) is 0 Å². The standard InChI is InChI=1S/C15H17F3N4O/c1-10(11-4-3-5-12(8-11)15(16,17)18)21-14(19-2)20-9-13-6-7-23-22-13/h3-8,10H,9H2,1-2H3,(H2,19,20,21). The molecule has 0 aliphatic carbocycles. The van der Waals surface area contributed by atoms with Crippen molar-refractivity contribution in [2.24, 2.45) is 4.99 Å². The van der Waals surface area contributed by atoms with Crippen LogP contribution in [-0.2, 0) is 12.7 Å². The Morgan fingerprint density at radius 2 is 2.13 bits per heavy atom. The normalized spacial score (nSPS) is 13.7. The Labute approximate surface area is 131 Å². The summed E-state index contributed by atoms with van der Waals surface area (Å²) in [5.41, 5.74) is 0.540. The summed E-state index contributed by atoms with van der Waals surface area (Å²) in [6.07, 6.45) is -2.90. The zero-order valence-corrected chi connectivity index (χ0v) is 12.7. The molecule has 0 radical (unpaired) electrons. The minimum Gasteiger partial charge on any atom is -0.364 e. The summed E-state index contributed by atoms with van der Waals surface area (Å²) in [5, 5.41) is 9.80. The molecule has 2 aromatic rings. The van der Waals surface area contributed by atoms with E-state index in [4.69, 9.17) is 4.52 Å². The van der Waals surface area contributed by atoms with E-state index in [2.05, 4.69) is 20.8 Å². The monoisotopic (exact) mass is 326 g/mol. The van der Waals surface area contributed by atoms with E-state index in [0.29, 0.717) is 23.8 Å². The van der Waals surface area contributed by atoms with Gasteiger partial charge in [-0.2, -0.15) is 13.2 Å². The maximum atomic E-state index is 12.8. The van der Waals surface area contributed by atoms with Crippen LogP contribution in [0.3, 0.4) is 0 Å². The van der Waals surface area contributed by atoms with Crippen LogP contribution < -0.4 is 10.6 Å². The Kier molecular flexibility index (Phi) is 5.25. The maximum Gasteiger partial charge on any atom is 0.416 e. The summed E-state index contributed by atoms with van der Waals surface area (Å²) in [6, 6.07) is 6.56. The van der Waals surface area contributed by atoms with Gasteiger partial charge in [0.05, 0.1) is 18.2 Å². The molecule has 1 aromatic carbocycles. The first-order valence-electron chi connectivity index (χ1n) is 6.93. The average Bonchev–Trinajstić information content (AvgIpc) is 3.04. The van der Waals surface area contributed by atoms with Crippen molar-refractivity contribution in [2.45, 2.75) is 25.7 Å². The fourth-order valence-electron chi connectivity index (χ4n) is 1.97. The summed E-state index contributed by atoms with van der Waals surface area (Å²) in [4.78, 5) is 4.04. The number of nitrogens with zero attached hydrogens (tertiary/aromatic N) is 2. The predicted octanol–water partition coefficient (Wildman–Crippen LogP) is 3.12. The van der Waals surface area contributed by atoms with Crippen molar-refractivity contribution < 1.29 is 17.7 Å². The highest BCUT2D eigenvalue weighted by molar-refractivity contribution is 5.80. The number of guanidine groups is 1. The highest BCUT2D eigenvalue weighted by Gasteiger charge is 2.30. The molecule has 1 atom stereocenters. The lowest BCUT2D eigenvalue weighted by atomic mass is 10.1. The molecule has 5 nitrogen and oxygen atoms in total. The third-order valence-electron chi connectivity index (χ3n) is 3.22. The molecule has 0 fully saturated rings. The van der Waals surface area contributed by atoms with Gasteiger partial charge in [0.1, 0.15) is 12.0 Å². The van der Waals surface area contributed by atoms with E-state index in [1.54, 1.807) is 26.1 Å². The number of hydrogen-bond acceptors (Lipinski definition) is 3. The maximum absolute atomic E-state index is 12.8. The van der Waals surface area contributed by atoms with Gasteiger partial charge in [-0.25, -0.2) is 0 Å². The number of halogens is 3. The summed E-state index contributed by atoms with van der Waals surface area (Å²) in [6.45, 7) is 2.16. The van der Waals surface area contributed by atoms with E-state index in [1.807, 2.05) is 0 Å². The first-order valence-corrected chi connectivity index (χ1v) is 6.93. The van der Waals surface area contributed by atoms with Gasteiger partial charge in [-0.05, 0) is 24.6 Å². The van der Waals surface area contributed by atoms with Gasteiger partial charge in [0.15, 0.2) is 5.96 Å². The lowest BCUT2D eigenvalue weighted by molar-refractivity contribution is -0.137. The Bertz CT molecular complexity index is 653. The first kappa shape index (κ1) is 16.9. The molecule has 0 aliphatic rings. The van der Waals surface area contributed by atoms with Crippen molar-refractivity contribution in [1.29, 1.82) is 0 Å². The van der Waals surface area contributed by atoms with Gasteiger partial charge in [0.2, 0.25) is 0 Å². The zero-order chi connectivity index (χ0) is 16.9. The highest BCUT2D eigenvalue weighted by Crippen LogP contribution is 2.30. The summed E-state index contributed by atoms with van der Waals surface area (Å²) >= 11 is 0. The number of nitrogens with one attached hydrogen (secondary N) is 2. The van der Waals surface area contributed by atoms with Gasteiger partial charge in [-0.1, -0.05) is 17.3 Å². The first-order chi connectivity index (χ1) is 10.9. The predicted molar refractivity (Wildman–Crippen MR) is 79.7 cm³/mol. The number of aromatic nitrogens is 1. The highest BCUT2D eigenvalue weighted by atomic mass is 19.4. The van der Waals surface area contributed by atoms with Gasteiger partial charge >= 0.3 is 6.18 Å². The molecule has 0 spiro atoms. The fourth-order valence-corrected chi connectivity index (χ4v) is 1.97. The second-order valence-electron chi connectivity index (χ2n) is 4.91. The van der Waals surface area contributed by atoms with Crippen LogP contribution in [0.5, 0.6) is 0 Å². The van der Waals surface area contributed by atoms with Gasteiger partial charge in [-0.15, -0.1) is 0 Å². The van der Waals surface area contributed by atoms with Gasteiger partial charge in [-0.3, -0.25) is 4.99 Å². The summed E-state index contributed by atoms with van der Waals surface area (Å²) in [7, 11) is 1.58. The topological polar surface area (TPSA) is 62.5 Å². The van der Waals surface area contributed by atoms with Gasteiger partial charge < -0.3 is 15.2 Å². The molecule has 0 amide bonds. The van der Waals surface area contributed by atoms with Crippen molar-refractivity contribution >= 4 is 5.96 Å².